The lowest BCUT2D eigenvalue weighted by Gasteiger charge is -2.15. The number of hydrogen-bond acceptors (Lipinski definition) is 6. The van der Waals surface area contributed by atoms with Crippen molar-refractivity contribution in [2.24, 2.45) is 0 Å². The summed E-state index contributed by atoms with van der Waals surface area (Å²) >= 11 is 0. The molecule has 0 aliphatic rings. The first-order chi connectivity index (χ1) is 12.8. The van der Waals surface area contributed by atoms with E-state index >= 15 is 0 Å². The van der Waals surface area contributed by atoms with Gasteiger partial charge in [0.25, 0.3) is 5.95 Å². The number of halogens is 3. The van der Waals surface area contributed by atoms with Crippen molar-refractivity contribution in [3.8, 4) is 22.8 Å². The van der Waals surface area contributed by atoms with Crippen molar-refractivity contribution in [1.82, 2.24) is 14.8 Å². The van der Waals surface area contributed by atoms with Gasteiger partial charge in [0.15, 0.2) is 5.82 Å². The molecular formula is C17H16F3N5O2. The Labute approximate surface area is 152 Å². The summed E-state index contributed by atoms with van der Waals surface area (Å²) in [5.74, 6) is 0.421. The van der Waals surface area contributed by atoms with E-state index in [1.807, 2.05) is 0 Å². The molecular weight excluding hydrogens is 363 g/mol. The molecule has 0 spiro atoms. The molecule has 142 valence electrons. The maximum absolute atomic E-state index is 12.3. The molecule has 0 amide bonds. The predicted octanol–water partition coefficient (Wildman–Crippen LogP) is 3.41. The SMILES string of the molecule is CON(C)c1nc(-c2ccc(N)cc2)nn1-c1ccc(OC(F)(F)F)cc1. The Bertz CT molecular complexity index is 908. The Morgan fingerprint density at radius 3 is 2.22 bits per heavy atom. The number of benzene rings is 2. The lowest BCUT2D eigenvalue weighted by Crippen LogP contribution is -2.19. The van der Waals surface area contributed by atoms with Crippen LogP contribution in [0.1, 0.15) is 0 Å². The van der Waals surface area contributed by atoms with Crippen LogP contribution in [0.15, 0.2) is 48.5 Å². The van der Waals surface area contributed by atoms with E-state index < -0.39 is 6.36 Å². The number of ether oxygens (including phenoxy) is 1. The van der Waals surface area contributed by atoms with Crippen LogP contribution in [-0.4, -0.2) is 35.3 Å². The van der Waals surface area contributed by atoms with Crippen LogP contribution < -0.4 is 15.5 Å². The third-order valence-corrected chi connectivity index (χ3v) is 3.63. The smallest absolute Gasteiger partial charge is 0.406 e. The molecule has 1 aromatic heterocycles. The van der Waals surface area contributed by atoms with Gasteiger partial charge in [-0.15, -0.1) is 18.3 Å². The highest BCUT2D eigenvalue weighted by Crippen LogP contribution is 2.27. The molecule has 2 N–H and O–H groups in total. The fourth-order valence-electron chi connectivity index (χ4n) is 2.31. The maximum Gasteiger partial charge on any atom is 0.573 e. The van der Waals surface area contributed by atoms with E-state index in [0.29, 0.717) is 23.1 Å². The zero-order chi connectivity index (χ0) is 19.6. The summed E-state index contributed by atoms with van der Waals surface area (Å²) in [6.45, 7) is 0. The van der Waals surface area contributed by atoms with Gasteiger partial charge in [-0.1, -0.05) is 0 Å². The minimum absolute atomic E-state index is 0.327. The Hall–Kier alpha value is -3.27. The number of rotatable bonds is 5. The van der Waals surface area contributed by atoms with Crippen molar-refractivity contribution < 1.29 is 22.7 Å². The zero-order valence-corrected chi connectivity index (χ0v) is 14.4. The van der Waals surface area contributed by atoms with E-state index in [-0.39, 0.29) is 5.75 Å². The third-order valence-electron chi connectivity index (χ3n) is 3.63. The van der Waals surface area contributed by atoms with Crippen molar-refractivity contribution in [3.63, 3.8) is 0 Å². The average molecular weight is 379 g/mol. The summed E-state index contributed by atoms with van der Waals surface area (Å²) in [4.78, 5) is 9.61. The second-order valence-corrected chi connectivity index (χ2v) is 5.49. The van der Waals surface area contributed by atoms with Crippen LogP contribution in [0.5, 0.6) is 5.75 Å². The molecule has 1 heterocycles. The van der Waals surface area contributed by atoms with Crippen LogP contribution in [0.3, 0.4) is 0 Å². The number of nitrogens with zero attached hydrogens (tertiary/aromatic N) is 4. The topological polar surface area (TPSA) is 78.4 Å². The van der Waals surface area contributed by atoms with Crippen LogP contribution in [-0.2, 0) is 4.84 Å². The van der Waals surface area contributed by atoms with Crippen LogP contribution in [0.2, 0.25) is 0 Å². The molecule has 0 bridgehead atoms. The Kier molecular flexibility index (Phi) is 4.91. The fraction of sp³-hybridized carbons (Fsp3) is 0.176. The first-order valence-electron chi connectivity index (χ1n) is 7.74. The molecule has 0 saturated carbocycles. The van der Waals surface area contributed by atoms with Gasteiger partial charge in [0.05, 0.1) is 12.8 Å². The summed E-state index contributed by atoms with van der Waals surface area (Å²) < 4.78 is 42.3. The van der Waals surface area contributed by atoms with Crippen molar-refractivity contribution in [2.75, 3.05) is 25.0 Å². The van der Waals surface area contributed by atoms with Crippen LogP contribution >= 0.6 is 0 Å². The van der Waals surface area contributed by atoms with E-state index in [1.54, 1.807) is 31.3 Å². The van der Waals surface area contributed by atoms with E-state index in [4.69, 9.17) is 10.6 Å². The van der Waals surface area contributed by atoms with Gasteiger partial charge in [0.2, 0.25) is 0 Å². The summed E-state index contributed by atoms with van der Waals surface area (Å²) in [6.07, 6.45) is -4.75. The van der Waals surface area contributed by atoms with Crippen molar-refractivity contribution in [3.05, 3.63) is 48.5 Å². The second-order valence-electron chi connectivity index (χ2n) is 5.49. The summed E-state index contributed by atoms with van der Waals surface area (Å²) in [5.41, 5.74) is 7.51. The average Bonchev–Trinajstić information content (AvgIpc) is 3.06. The van der Waals surface area contributed by atoms with Crippen molar-refractivity contribution in [1.29, 1.82) is 0 Å². The lowest BCUT2D eigenvalue weighted by molar-refractivity contribution is -0.274. The predicted molar refractivity (Wildman–Crippen MR) is 93.3 cm³/mol. The molecule has 0 unspecified atom stereocenters. The molecule has 27 heavy (non-hydrogen) atoms. The largest absolute Gasteiger partial charge is 0.573 e. The van der Waals surface area contributed by atoms with Crippen LogP contribution in [0, 0.1) is 0 Å². The molecule has 3 aromatic rings. The maximum atomic E-state index is 12.3. The summed E-state index contributed by atoms with van der Waals surface area (Å²) in [6, 6.07) is 12.3. The number of hydroxylamine groups is 1. The highest BCUT2D eigenvalue weighted by atomic mass is 19.4. The fourth-order valence-corrected chi connectivity index (χ4v) is 2.31. The highest BCUT2D eigenvalue weighted by molar-refractivity contribution is 5.60. The molecule has 10 heteroatoms. The zero-order valence-electron chi connectivity index (χ0n) is 14.4. The normalized spacial score (nSPS) is 11.4. The molecule has 0 saturated heterocycles. The van der Waals surface area contributed by atoms with Gasteiger partial charge in [-0.05, 0) is 48.5 Å². The first-order valence-corrected chi connectivity index (χ1v) is 7.74. The Morgan fingerprint density at radius 2 is 1.67 bits per heavy atom. The van der Waals surface area contributed by atoms with Gasteiger partial charge in [-0.3, -0.25) is 4.84 Å². The second kappa shape index (κ2) is 7.16. The van der Waals surface area contributed by atoms with Gasteiger partial charge in [-0.25, -0.2) is 5.06 Å². The van der Waals surface area contributed by atoms with Crippen molar-refractivity contribution in [2.45, 2.75) is 6.36 Å². The standard InChI is InChI=1S/C17H16F3N5O2/c1-24(26-2)16-22-15(11-3-5-12(21)6-4-11)23-25(16)13-7-9-14(10-8-13)27-17(18,19)20/h3-10H,21H2,1-2H3. The van der Waals surface area contributed by atoms with Gasteiger partial charge in [0.1, 0.15) is 5.75 Å². The highest BCUT2D eigenvalue weighted by Gasteiger charge is 2.31. The minimum atomic E-state index is -4.75. The Morgan fingerprint density at radius 1 is 1.04 bits per heavy atom. The van der Waals surface area contributed by atoms with Crippen molar-refractivity contribution >= 4 is 11.6 Å². The first kappa shape index (κ1) is 18.5. The minimum Gasteiger partial charge on any atom is -0.406 e. The van der Waals surface area contributed by atoms with Gasteiger partial charge < -0.3 is 10.5 Å². The molecule has 0 atom stereocenters. The summed E-state index contributed by atoms with van der Waals surface area (Å²) in [5, 5.41) is 5.82. The molecule has 0 aliphatic carbocycles. The molecule has 7 nitrogen and oxygen atoms in total. The number of alkyl halides is 3. The van der Waals surface area contributed by atoms with E-state index in [0.717, 1.165) is 5.56 Å². The third kappa shape index (κ3) is 4.29. The van der Waals surface area contributed by atoms with Crippen LogP contribution in [0.4, 0.5) is 24.8 Å². The Balaban J connectivity index is 1.99. The molecule has 2 aromatic carbocycles. The number of nitrogens with two attached hydrogens (primary N) is 1. The number of hydrogen-bond donors (Lipinski definition) is 1. The van der Waals surface area contributed by atoms with E-state index in [1.165, 1.54) is 41.1 Å². The number of anilines is 2. The molecule has 0 aliphatic heterocycles. The van der Waals surface area contributed by atoms with Gasteiger partial charge in [-0.2, -0.15) is 9.67 Å². The summed E-state index contributed by atoms with van der Waals surface area (Å²) in [7, 11) is 3.09. The lowest BCUT2D eigenvalue weighted by atomic mass is 10.2. The van der Waals surface area contributed by atoms with Crippen LogP contribution in [0.25, 0.3) is 17.1 Å². The van der Waals surface area contributed by atoms with E-state index in [2.05, 4.69) is 14.8 Å². The van der Waals surface area contributed by atoms with Gasteiger partial charge in [0, 0.05) is 18.3 Å². The molecule has 0 radical (unpaired) electrons. The number of nitrogen functional groups attached to an aromatic ring is 1. The quantitative estimate of drug-likeness (QED) is 0.541. The molecule has 3 rings (SSSR count). The number of aromatic nitrogens is 3. The van der Waals surface area contributed by atoms with Gasteiger partial charge >= 0.3 is 6.36 Å². The monoisotopic (exact) mass is 379 g/mol. The van der Waals surface area contributed by atoms with E-state index in [9.17, 15) is 13.2 Å². The molecule has 0 fully saturated rings.